The number of rotatable bonds is 6. The topological polar surface area (TPSA) is 26.3 Å². The van der Waals surface area contributed by atoms with Crippen LogP contribution < -0.4 is 0 Å². The van der Waals surface area contributed by atoms with Crippen molar-refractivity contribution in [2.75, 3.05) is 0 Å². The first-order valence-corrected chi connectivity index (χ1v) is 11.6. The summed E-state index contributed by atoms with van der Waals surface area (Å²) in [6, 6.07) is 0. The fourth-order valence-electron chi connectivity index (χ4n) is 7.25. The highest BCUT2D eigenvalue weighted by atomic mass is 16.5. The summed E-state index contributed by atoms with van der Waals surface area (Å²) in [6.07, 6.45) is 13.1. The summed E-state index contributed by atoms with van der Waals surface area (Å²) >= 11 is 0. The Morgan fingerprint density at radius 1 is 1.19 bits per heavy atom. The Kier molecular flexibility index (Phi) is 6.43. The van der Waals surface area contributed by atoms with Crippen molar-refractivity contribution in [3.8, 4) is 0 Å². The minimum atomic E-state index is -0.164. The van der Waals surface area contributed by atoms with Crippen molar-refractivity contribution >= 4 is 5.97 Å². The van der Waals surface area contributed by atoms with Crippen LogP contribution in [0.5, 0.6) is 0 Å². The molecule has 7 atom stereocenters. The molecule has 0 spiro atoms. The van der Waals surface area contributed by atoms with Gasteiger partial charge in [-0.15, -0.1) is 0 Å². The molecule has 3 rings (SSSR count). The van der Waals surface area contributed by atoms with Crippen molar-refractivity contribution in [1.82, 2.24) is 0 Å². The Morgan fingerprint density at radius 2 is 1.93 bits per heavy atom. The maximum atomic E-state index is 11.4. The largest absolute Gasteiger partial charge is 0.431 e. The highest BCUT2D eigenvalue weighted by Gasteiger charge is 2.56. The monoisotopic (exact) mass is 374 g/mol. The normalized spacial score (nSPS) is 39.5. The predicted molar refractivity (Wildman–Crippen MR) is 112 cm³/mol. The third kappa shape index (κ3) is 4.15. The van der Waals surface area contributed by atoms with Gasteiger partial charge < -0.3 is 4.74 Å². The van der Waals surface area contributed by atoms with Crippen LogP contribution in [0.4, 0.5) is 0 Å². The number of hydrogen-bond acceptors (Lipinski definition) is 2. The van der Waals surface area contributed by atoms with Crippen LogP contribution in [0.15, 0.2) is 11.8 Å². The highest BCUT2D eigenvalue weighted by molar-refractivity contribution is 5.67. The molecule has 0 N–H and O–H groups in total. The first-order chi connectivity index (χ1) is 12.7. The molecule has 0 unspecified atom stereocenters. The van der Waals surface area contributed by atoms with Crippen LogP contribution in [0.1, 0.15) is 92.9 Å². The van der Waals surface area contributed by atoms with Crippen molar-refractivity contribution in [1.29, 1.82) is 0 Å². The highest BCUT2D eigenvalue weighted by Crippen LogP contribution is 2.63. The lowest BCUT2D eigenvalue weighted by Crippen LogP contribution is -2.45. The molecule has 3 aliphatic carbocycles. The van der Waals surface area contributed by atoms with Crippen molar-refractivity contribution in [3.05, 3.63) is 11.8 Å². The van der Waals surface area contributed by atoms with Crippen LogP contribution in [-0.4, -0.2) is 5.97 Å². The van der Waals surface area contributed by atoms with E-state index in [1.54, 1.807) is 0 Å². The van der Waals surface area contributed by atoms with Crippen molar-refractivity contribution < 1.29 is 9.53 Å². The molecule has 0 bridgehead atoms. The van der Waals surface area contributed by atoms with Crippen LogP contribution in [0, 0.1) is 46.8 Å². The third-order valence-electron chi connectivity index (χ3n) is 8.64. The molecule has 0 aliphatic heterocycles. The average Bonchev–Trinajstić information content (AvgIpc) is 2.94. The van der Waals surface area contributed by atoms with Gasteiger partial charge in [0, 0.05) is 12.8 Å². The van der Waals surface area contributed by atoms with E-state index in [-0.39, 0.29) is 5.97 Å². The molecule has 0 aromatic rings. The summed E-state index contributed by atoms with van der Waals surface area (Å²) < 4.78 is 5.53. The number of carbonyl (C=O) groups excluding carboxylic acids is 1. The number of carbonyl (C=O) groups is 1. The molecule has 2 nitrogen and oxygen atoms in total. The van der Waals surface area contributed by atoms with Gasteiger partial charge in [-0.2, -0.15) is 0 Å². The van der Waals surface area contributed by atoms with E-state index < -0.39 is 0 Å². The first kappa shape index (κ1) is 20.9. The van der Waals surface area contributed by atoms with E-state index in [1.165, 1.54) is 51.9 Å². The Morgan fingerprint density at radius 3 is 2.59 bits per heavy atom. The number of ether oxygens (including phenoxy) is 1. The van der Waals surface area contributed by atoms with Crippen LogP contribution in [0.25, 0.3) is 0 Å². The summed E-state index contributed by atoms with van der Waals surface area (Å²) in [7, 11) is 0. The van der Waals surface area contributed by atoms with Crippen molar-refractivity contribution in [3.63, 3.8) is 0 Å². The Hall–Kier alpha value is -0.790. The molecule has 0 aromatic heterocycles. The predicted octanol–water partition coefficient (Wildman–Crippen LogP) is 6.99. The zero-order valence-corrected chi connectivity index (χ0v) is 18.6. The number of fused-ring (bicyclic) bond motifs is 3. The molecule has 154 valence electrons. The number of hydrogen-bond donors (Lipinski definition) is 0. The van der Waals surface area contributed by atoms with E-state index in [2.05, 4.69) is 40.7 Å². The second kappa shape index (κ2) is 8.29. The van der Waals surface area contributed by atoms with Crippen molar-refractivity contribution in [2.45, 2.75) is 92.9 Å². The smallest absolute Gasteiger partial charge is 0.307 e. The lowest BCUT2D eigenvalue weighted by atomic mass is 9.53. The summed E-state index contributed by atoms with van der Waals surface area (Å²) in [6.45, 7) is 13.7. The van der Waals surface area contributed by atoms with Gasteiger partial charge in [0.25, 0.3) is 0 Å². The van der Waals surface area contributed by atoms with Gasteiger partial charge in [-0.3, -0.25) is 4.79 Å². The first-order valence-electron chi connectivity index (χ1n) is 11.6. The van der Waals surface area contributed by atoms with Gasteiger partial charge in [-0.1, -0.05) is 53.9 Å². The van der Waals surface area contributed by atoms with E-state index in [0.29, 0.717) is 17.3 Å². The Balaban J connectivity index is 1.69. The van der Waals surface area contributed by atoms with Crippen LogP contribution >= 0.6 is 0 Å². The molecular weight excluding hydrogens is 332 g/mol. The lowest BCUT2D eigenvalue weighted by Gasteiger charge is -2.52. The van der Waals surface area contributed by atoms with Gasteiger partial charge in [0.1, 0.15) is 5.76 Å². The lowest BCUT2D eigenvalue weighted by molar-refractivity contribution is -0.139. The molecule has 0 amide bonds. The van der Waals surface area contributed by atoms with Gasteiger partial charge in [0.15, 0.2) is 0 Å². The van der Waals surface area contributed by atoms with E-state index in [0.717, 1.165) is 41.8 Å². The molecule has 3 aliphatic rings. The molecule has 0 heterocycles. The average molecular weight is 375 g/mol. The molecule has 0 aromatic carbocycles. The molecule has 27 heavy (non-hydrogen) atoms. The fraction of sp³-hybridized carbons (Fsp3) is 0.880. The van der Waals surface area contributed by atoms with Gasteiger partial charge >= 0.3 is 5.97 Å². The molecule has 0 saturated heterocycles. The zero-order valence-electron chi connectivity index (χ0n) is 18.6. The van der Waals surface area contributed by atoms with Gasteiger partial charge in [-0.25, -0.2) is 0 Å². The quantitative estimate of drug-likeness (QED) is 0.468. The van der Waals surface area contributed by atoms with Crippen molar-refractivity contribution in [2.24, 2.45) is 46.8 Å². The summed E-state index contributed by atoms with van der Waals surface area (Å²) in [4.78, 5) is 11.4. The van der Waals surface area contributed by atoms with Crippen LogP contribution in [0.2, 0.25) is 0 Å². The van der Waals surface area contributed by atoms with E-state index >= 15 is 0 Å². The SMILES string of the molecule is CC(=O)OC1=CC[C@@H]2[C@@H](CC[C@]3(C)[C@@H]2CC[C@@H]3[C@H](C)CCCC(C)C)[C@H]1C. The van der Waals surface area contributed by atoms with Gasteiger partial charge in [0.2, 0.25) is 0 Å². The van der Waals surface area contributed by atoms with Gasteiger partial charge in [0.05, 0.1) is 0 Å². The summed E-state index contributed by atoms with van der Waals surface area (Å²) in [5, 5.41) is 0. The molecule has 2 saturated carbocycles. The Labute approximate surface area is 167 Å². The zero-order chi connectivity index (χ0) is 19.8. The maximum absolute atomic E-state index is 11.4. The van der Waals surface area contributed by atoms with Crippen LogP contribution in [-0.2, 0) is 9.53 Å². The van der Waals surface area contributed by atoms with Crippen LogP contribution in [0.3, 0.4) is 0 Å². The van der Waals surface area contributed by atoms with E-state index in [1.807, 2.05) is 0 Å². The number of esters is 1. The standard InChI is InChI=1S/C25H42O2/c1-16(2)8-7-9-17(3)22-11-12-23-21-10-13-24(27-19(5)26)18(4)20(21)14-15-25(22,23)6/h13,16-18,20-23H,7-12,14-15H2,1-6H3/t17-,18-,20+,21-,22-,23-,25+/m1/s1. The number of allylic oxidation sites excluding steroid dienone is 2. The minimum absolute atomic E-state index is 0.164. The minimum Gasteiger partial charge on any atom is -0.431 e. The maximum Gasteiger partial charge on any atom is 0.307 e. The molecular formula is C25H42O2. The van der Waals surface area contributed by atoms with E-state index in [4.69, 9.17) is 4.74 Å². The Bertz CT molecular complexity index is 563. The second-order valence-corrected chi connectivity index (χ2v) is 10.7. The summed E-state index contributed by atoms with van der Waals surface area (Å²) in [5.41, 5.74) is 0.533. The fourth-order valence-corrected chi connectivity index (χ4v) is 7.25. The molecule has 2 heteroatoms. The second-order valence-electron chi connectivity index (χ2n) is 10.7. The van der Waals surface area contributed by atoms with E-state index in [9.17, 15) is 4.79 Å². The molecule has 0 radical (unpaired) electrons. The summed E-state index contributed by atoms with van der Waals surface area (Å²) in [5.74, 6) is 6.16. The third-order valence-corrected chi connectivity index (χ3v) is 8.64. The molecule has 2 fully saturated rings. The van der Waals surface area contributed by atoms with Gasteiger partial charge in [-0.05, 0) is 79.1 Å².